The van der Waals surface area contributed by atoms with Crippen LogP contribution in [-0.4, -0.2) is 24.1 Å². The van der Waals surface area contributed by atoms with E-state index in [1.165, 1.54) is 10.8 Å². The van der Waals surface area contributed by atoms with Gasteiger partial charge in [0.2, 0.25) is 0 Å². The number of pyridine rings is 1. The van der Waals surface area contributed by atoms with Crippen molar-refractivity contribution in [2.45, 2.75) is 19.4 Å². The van der Waals surface area contributed by atoms with E-state index < -0.39 is 0 Å². The van der Waals surface area contributed by atoms with Gasteiger partial charge in [-0.1, -0.05) is 31.2 Å². The standard InChI is InChI=1S/C15H19N3/c1-11-8-13(16)10-18(9-11)15-14-5-3-2-4-12(14)6-7-17-15/h2-7,11,13H,8-10,16H2,1H3. The average molecular weight is 241 g/mol. The molecule has 18 heavy (non-hydrogen) atoms. The Morgan fingerprint density at radius 2 is 2.06 bits per heavy atom. The van der Waals surface area contributed by atoms with Crippen LogP contribution in [0.25, 0.3) is 10.8 Å². The minimum atomic E-state index is 0.259. The predicted octanol–water partition coefficient (Wildman–Crippen LogP) is 2.41. The Morgan fingerprint density at radius 1 is 1.22 bits per heavy atom. The predicted molar refractivity (Wildman–Crippen MR) is 75.7 cm³/mol. The summed E-state index contributed by atoms with van der Waals surface area (Å²) < 4.78 is 0. The Labute approximate surface area is 108 Å². The maximum absolute atomic E-state index is 6.13. The molecule has 2 heterocycles. The number of benzene rings is 1. The first-order chi connectivity index (χ1) is 8.74. The summed E-state index contributed by atoms with van der Waals surface area (Å²) in [7, 11) is 0. The zero-order chi connectivity index (χ0) is 12.5. The lowest BCUT2D eigenvalue weighted by atomic mass is 9.96. The van der Waals surface area contributed by atoms with Gasteiger partial charge in [-0.05, 0) is 23.8 Å². The van der Waals surface area contributed by atoms with Crippen molar-refractivity contribution in [3.63, 3.8) is 0 Å². The molecule has 2 N–H and O–H groups in total. The molecule has 0 bridgehead atoms. The van der Waals surface area contributed by atoms with Crippen molar-refractivity contribution in [2.75, 3.05) is 18.0 Å². The monoisotopic (exact) mass is 241 g/mol. The summed E-state index contributed by atoms with van der Waals surface area (Å²) in [6.45, 7) is 4.22. The second kappa shape index (κ2) is 4.58. The van der Waals surface area contributed by atoms with Gasteiger partial charge in [0, 0.05) is 30.7 Å². The fourth-order valence-corrected chi connectivity index (χ4v) is 2.93. The van der Waals surface area contributed by atoms with Gasteiger partial charge in [-0.15, -0.1) is 0 Å². The van der Waals surface area contributed by atoms with E-state index in [0.29, 0.717) is 5.92 Å². The molecule has 0 radical (unpaired) electrons. The van der Waals surface area contributed by atoms with Crippen LogP contribution < -0.4 is 10.6 Å². The number of anilines is 1. The highest BCUT2D eigenvalue weighted by Crippen LogP contribution is 2.27. The van der Waals surface area contributed by atoms with Gasteiger partial charge < -0.3 is 10.6 Å². The van der Waals surface area contributed by atoms with E-state index in [1.54, 1.807) is 0 Å². The zero-order valence-electron chi connectivity index (χ0n) is 10.7. The smallest absolute Gasteiger partial charge is 0.136 e. The van der Waals surface area contributed by atoms with Crippen LogP contribution in [0, 0.1) is 5.92 Å². The van der Waals surface area contributed by atoms with Crippen molar-refractivity contribution in [3.05, 3.63) is 36.5 Å². The lowest BCUT2D eigenvalue weighted by Crippen LogP contribution is -2.46. The SMILES string of the molecule is CC1CC(N)CN(c2nccc3ccccc23)C1. The number of aromatic nitrogens is 1. The Hall–Kier alpha value is -1.61. The van der Waals surface area contributed by atoms with E-state index in [-0.39, 0.29) is 6.04 Å². The molecule has 3 heteroatoms. The van der Waals surface area contributed by atoms with Gasteiger partial charge in [0.25, 0.3) is 0 Å². The first-order valence-corrected chi connectivity index (χ1v) is 6.58. The van der Waals surface area contributed by atoms with Crippen LogP contribution in [0.3, 0.4) is 0 Å². The van der Waals surface area contributed by atoms with Crippen molar-refractivity contribution in [1.29, 1.82) is 0 Å². The molecule has 3 nitrogen and oxygen atoms in total. The maximum Gasteiger partial charge on any atom is 0.136 e. The van der Waals surface area contributed by atoms with Gasteiger partial charge >= 0.3 is 0 Å². The molecule has 2 unspecified atom stereocenters. The zero-order valence-corrected chi connectivity index (χ0v) is 10.7. The van der Waals surface area contributed by atoms with E-state index in [0.717, 1.165) is 25.3 Å². The van der Waals surface area contributed by atoms with E-state index in [4.69, 9.17) is 5.73 Å². The van der Waals surface area contributed by atoms with Crippen molar-refractivity contribution in [2.24, 2.45) is 11.7 Å². The van der Waals surface area contributed by atoms with Gasteiger partial charge in [-0.25, -0.2) is 4.98 Å². The molecule has 2 atom stereocenters. The summed E-state index contributed by atoms with van der Waals surface area (Å²) in [5.41, 5.74) is 6.13. The average Bonchev–Trinajstić information content (AvgIpc) is 2.37. The second-order valence-corrected chi connectivity index (χ2v) is 5.36. The minimum Gasteiger partial charge on any atom is -0.354 e. The lowest BCUT2D eigenvalue weighted by molar-refractivity contribution is 0.400. The third-order valence-corrected chi connectivity index (χ3v) is 3.64. The maximum atomic E-state index is 6.13. The van der Waals surface area contributed by atoms with E-state index in [2.05, 4.69) is 47.1 Å². The molecule has 1 saturated heterocycles. The lowest BCUT2D eigenvalue weighted by Gasteiger charge is -2.36. The molecule has 94 valence electrons. The molecule has 2 aromatic rings. The molecule has 1 aromatic carbocycles. The van der Waals surface area contributed by atoms with Crippen LogP contribution in [0.4, 0.5) is 5.82 Å². The van der Waals surface area contributed by atoms with Crippen LogP contribution in [0.15, 0.2) is 36.5 Å². The molecule has 1 aliphatic rings. The Balaban J connectivity index is 2.03. The van der Waals surface area contributed by atoms with Crippen molar-refractivity contribution in [1.82, 2.24) is 4.98 Å². The molecule has 1 aromatic heterocycles. The molecular weight excluding hydrogens is 222 g/mol. The number of hydrogen-bond donors (Lipinski definition) is 1. The molecule has 0 saturated carbocycles. The number of hydrogen-bond acceptors (Lipinski definition) is 3. The normalized spacial score (nSPS) is 24.4. The van der Waals surface area contributed by atoms with Crippen LogP contribution >= 0.6 is 0 Å². The molecular formula is C15H19N3. The number of nitrogens with zero attached hydrogens (tertiary/aromatic N) is 2. The summed E-state index contributed by atoms with van der Waals surface area (Å²) >= 11 is 0. The number of fused-ring (bicyclic) bond motifs is 1. The van der Waals surface area contributed by atoms with Crippen molar-refractivity contribution >= 4 is 16.6 Å². The van der Waals surface area contributed by atoms with E-state index in [9.17, 15) is 0 Å². The Kier molecular flexibility index (Phi) is 2.92. The van der Waals surface area contributed by atoms with Gasteiger partial charge in [0.05, 0.1) is 0 Å². The first kappa shape index (κ1) is 11.5. The molecule has 0 spiro atoms. The van der Waals surface area contributed by atoms with Crippen LogP contribution in [0.2, 0.25) is 0 Å². The molecule has 1 fully saturated rings. The molecule has 0 amide bonds. The van der Waals surface area contributed by atoms with Crippen LogP contribution in [-0.2, 0) is 0 Å². The highest BCUT2D eigenvalue weighted by molar-refractivity contribution is 5.92. The third kappa shape index (κ3) is 2.06. The van der Waals surface area contributed by atoms with Gasteiger partial charge in [0.1, 0.15) is 5.82 Å². The van der Waals surface area contributed by atoms with Crippen LogP contribution in [0.1, 0.15) is 13.3 Å². The fraction of sp³-hybridized carbons (Fsp3) is 0.400. The minimum absolute atomic E-state index is 0.259. The van der Waals surface area contributed by atoms with E-state index in [1.807, 2.05) is 6.20 Å². The summed E-state index contributed by atoms with van der Waals surface area (Å²) in [5, 5.41) is 2.47. The number of rotatable bonds is 1. The molecule has 0 aliphatic carbocycles. The summed E-state index contributed by atoms with van der Waals surface area (Å²) in [5.74, 6) is 1.71. The first-order valence-electron chi connectivity index (χ1n) is 6.58. The highest BCUT2D eigenvalue weighted by Gasteiger charge is 2.23. The highest BCUT2D eigenvalue weighted by atomic mass is 15.2. The molecule has 1 aliphatic heterocycles. The summed E-state index contributed by atoms with van der Waals surface area (Å²) in [6, 6.07) is 10.7. The summed E-state index contributed by atoms with van der Waals surface area (Å²) in [4.78, 5) is 6.90. The Morgan fingerprint density at radius 3 is 2.89 bits per heavy atom. The van der Waals surface area contributed by atoms with Crippen LogP contribution in [0.5, 0.6) is 0 Å². The van der Waals surface area contributed by atoms with Crippen molar-refractivity contribution < 1.29 is 0 Å². The largest absolute Gasteiger partial charge is 0.354 e. The Bertz CT molecular complexity index is 537. The fourth-order valence-electron chi connectivity index (χ4n) is 2.93. The van der Waals surface area contributed by atoms with Gasteiger partial charge in [-0.2, -0.15) is 0 Å². The quantitative estimate of drug-likeness (QED) is 0.833. The summed E-state index contributed by atoms with van der Waals surface area (Å²) in [6.07, 6.45) is 3.00. The molecule has 3 rings (SSSR count). The van der Waals surface area contributed by atoms with Gasteiger partial charge in [0.15, 0.2) is 0 Å². The van der Waals surface area contributed by atoms with Crippen molar-refractivity contribution in [3.8, 4) is 0 Å². The third-order valence-electron chi connectivity index (χ3n) is 3.64. The van der Waals surface area contributed by atoms with Gasteiger partial charge in [-0.3, -0.25) is 0 Å². The second-order valence-electron chi connectivity index (χ2n) is 5.36. The number of nitrogens with two attached hydrogens (primary N) is 1. The topological polar surface area (TPSA) is 42.1 Å². The number of piperidine rings is 1. The van der Waals surface area contributed by atoms with E-state index >= 15 is 0 Å².